The van der Waals surface area contributed by atoms with Gasteiger partial charge in [0.15, 0.2) is 5.82 Å². The third-order valence-corrected chi connectivity index (χ3v) is 5.72. The first kappa shape index (κ1) is 26.0. The van der Waals surface area contributed by atoms with Crippen LogP contribution in [0.25, 0.3) is 0 Å². The molecule has 35 heavy (non-hydrogen) atoms. The number of benzene rings is 2. The lowest BCUT2D eigenvalue weighted by Gasteiger charge is -2.25. The maximum atomic E-state index is 4.69. The molecule has 0 unspecified atom stereocenters. The fourth-order valence-corrected chi connectivity index (χ4v) is 3.99. The number of aromatic nitrogens is 4. The maximum Gasteiger partial charge on any atom is 0.159 e. The van der Waals surface area contributed by atoms with Crippen molar-refractivity contribution >= 4 is 17.2 Å². The SMILES string of the molecule is CCCc1nc(C)nc(CCC)c1C.Cc1cnc(C)c(N(c2ccccc2)c2ccccc2)n1. The van der Waals surface area contributed by atoms with E-state index in [4.69, 9.17) is 0 Å². The molecular weight excluding hydrogens is 430 g/mol. The molecule has 0 fully saturated rings. The first-order valence-electron chi connectivity index (χ1n) is 12.5. The Kier molecular flexibility index (Phi) is 9.47. The molecule has 0 aliphatic heterocycles. The van der Waals surface area contributed by atoms with E-state index in [1.165, 1.54) is 17.0 Å². The van der Waals surface area contributed by atoms with Crippen molar-refractivity contribution in [2.45, 2.75) is 67.2 Å². The van der Waals surface area contributed by atoms with Gasteiger partial charge >= 0.3 is 0 Å². The van der Waals surface area contributed by atoms with Crippen LogP contribution >= 0.6 is 0 Å². The standard InChI is InChI=1S/C18H17N3.C12H20N2/c1-14-13-19-15(2)18(20-14)21(16-9-5-3-6-10-16)17-11-7-4-8-12-17;1-5-7-11-9(3)12(8-6-2)14-10(4)13-11/h3-13H,1-2H3;5-8H2,1-4H3. The third-order valence-electron chi connectivity index (χ3n) is 5.72. The second-order valence-electron chi connectivity index (χ2n) is 8.72. The third kappa shape index (κ3) is 6.95. The van der Waals surface area contributed by atoms with Crippen LogP contribution in [0.5, 0.6) is 0 Å². The lowest BCUT2D eigenvalue weighted by Crippen LogP contribution is -2.14. The zero-order chi connectivity index (χ0) is 25.2. The van der Waals surface area contributed by atoms with Crippen molar-refractivity contribution in [3.63, 3.8) is 0 Å². The van der Waals surface area contributed by atoms with E-state index in [-0.39, 0.29) is 0 Å². The van der Waals surface area contributed by atoms with Gasteiger partial charge in [0.25, 0.3) is 0 Å². The van der Waals surface area contributed by atoms with E-state index < -0.39 is 0 Å². The highest BCUT2D eigenvalue weighted by molar-refractivity contribution is 5.75. The Morgan fingerprint density at radius 3 is 1.60 bits per heavy atom. The zero-order valence-corrected chi connectivity index (χ0v) is 21.9. The minimum atomic E-state index is 0.868. The van der Waals surface area contributed by atoms with Gasteiger partial charge in [-0.1, -0.05) is 63.1 Å². The Morgan fingerprint density at radius 1 is 0.657 bits per heavy atom. The van der Waals surface area contributed by atoms with Crippen molar-refractivity contribution in [2.24, 2.45) is 0 Å². The molecular formula is C30H37N5. The Bertz CT molecular complexity index is 1140. The summed E-state index contributed by atoms with van der Waals surface area (Å²) in [5.41, 5.74) is 7.75. The molecule has 4 rings (SSSR count). The summed E-state index contributed by atoms with van der Waals surface area (Å²) in [6.07, 6.45) is 6.26. The molecule has 0 saturated heterocycles. The average Bonchev–Trinajstić information content (AvgIpc) is 2.86. The van der Waals surface area contributed by atoms with Crippen molar-refractivity contribution in [1.82, 2.24) is 19.9 Å². The summed E-state index contributed by atoms with van der Waals surface area (Å²) in [6, 6.07) is 20.5. The van der Waals surface area contributed by atoms with E-state index in [0.29, 0.717) is 0 Å². The minimum Gasteiger partial charge on any atom is -0.294 e. The fraction of sp³-hybridized carbons (Fsp3) is 0.333. The van der Waals surface area contributed by atoms with Crippen LogP contribution < -0.4 is 4.90 Å². The van der Waals surface area contributed by atoms with Gasteiger partial charge in [0.1, 0.15) is 5.82 Å². The summed E-state index contributed by atoms with van der Waals surface area (Å²) in [5.74, 6) is 1.79. The summed E-state index contributed by atoms with van der Waals surface area (Å²) in [4.78, 5) is 20.3. The molecule has 2 heterocycles. The molecule has 182 valence electrons. The second kappa shape index (κ2) is 12.7. The first-order chi connectivity index (χ1) is 16.9. The molecule has 2 aromatic carbocycles. The topological polar surface area (TPSA) is 54.8 Å². The van der Waals surface area contributed by atoms with Crippen LogP contribution in [0.2, 0.25) is 0 Å². The smallest absolute Gasteiger partial charge is 0.159 e. The Hall–Kier alpha value is -3.60. The quantitative estimate of drug-likeness (QED) is 0.281. The van der Waals surface area contributed by atoms with Crippen molar-refractivity contribution in [3.05, 3.63) is 101 Å². The number of hydrogen-bond acceptors (Lipinski definition) is 5. The lowest BCUT2D eigenvalue weighted by molar-refractivity contribution is 0.793. The fourth-order valence-electron chi connectivity index (χ4n) is 3.99. The maximum absolute atomic E-state index is 4.69. The number of para-hydroxylation sites is 2. The minimum absolute atomic E-state index is 0.868. The molecule has 0 aliphatic rings. The summed E-state index contributed by atoms with van der Waals surface area (Å²) in [7, 11) is 0. The molecule has 0 spiro atoms. The van der Waals surface area contributed by atoms with Gasteiger partial charge in [-0.2, -0.15) is 0 Å². The molecule has 5 nitrogen and oxygen atoms in total. The Morgan fingerprint density at radius 2 is 1.14 bits per heavy atom. The predicted molar refractivity (Wildman–Crippen MR) is 146 cm³/mol. The number of hydrogen-bond donors (Lipinski definition) is 0. The summed E-state index contributed by atoms with van der Waals surface area (Å²) >= 11 is 0. The van der Waals surface area contributed by atoms with Gasteiger partial charge in [-0.05, 0) is 70.4 Å². The molecule has 0 aliphatic carbocycles. The van der Waals surface area contributed by atoms with Crippen LogP contribution in [0.3, 0.4) is 0 Å². The molecule has 0 saturated carbocycles. The predicted octanol–water partition coefficient (Wildman–Crippen LogP) is 7.56. The molecule has 5 heteroatoms. The van der Waals surface area contributed by atoms with Crippen molar-refractivity contribution in [3.8, 4) is 0 Å². The van der Waals surface area contributed by atoms with E-state index in [1.807, 2.05) is 57.2 Å². The highest BCUT2D eigenvalue weighted by atomic mass is 15.2. The highest BCUT2D eigenvalue weighted by Crippen LogP contribution is 2.34. The van der Waals surface area contributed by atoms with Gasteiger partial charge in [-0.15, -0.1) is 0 Å². The average molecular weight is 468 g/mol. The molecule has 2 aromatic heterocycles. The zero-order valence-electron chi connectivity index (χ0n) is 21.9. The molecule has 0 atom stereocenters. The summed E-state index contributed by atoms with van der Waals surface area (Å²) < 4.78 is 0. The van der Waals surface area contributed by atoms with Crippen molar-refractivity contribution in [1.29, 1.82) is 0 Å². The van der Waals surface area contributed by atoms with Crippen LogP contribution in [-0.2, 0) is 12.8 Å². The highest BCUT2D eigenvalue weighted by Gasteiger charge is 2.16. The number of aryl methyl sites for hydroxylation is 5. The number of rotatable bonds is 7. The molecule has 4 aromatic rings. The van der Waals surface area contributed by atoms with Crippen LogP contribution in [0.15, 0.2) is 66.9 Å². The van der Waals surface area contributed by atoms with E-state index in [9.17, 15) is 0 Å². The molecule has 0 amide bonds. The van der Waals surface area contributed by atoms with Crippen LogP contribution in [0.4, 0.5) is 17.2 Å². The molecule has 0 N–H and O–H groups in total. The summed E-state index contributed by atoms with van der Waals surface area (Å²) in [5, 5.41) is 0. The lowest BCUT2D eigenvalue weighted by atomic mass is 10.1. The van der Waals surface area contributed by atoms with Crippen LogP contribution in [0.1, 0.15) is 60.9 Å². The van der Waals surface area contributed by atoms with Gasteiger partial charge in [0, 0.05) is 29.0 Å². The molecule has 0 radical (unpaired) electrons. The van der Waals surface area contributed by atoms with E-state index in [1.54, 1.807) is 6.20 Å². The van der Waals surface area contributed by atoms with E-state index in [0.717, 1.165) is 60.1 Å². The second-order valence-corrected chi connectivity index (χ2v) is 8.72. The Balaban J connectivity index is 0.000000214. The Labute approximate surface area is 210 Å². The van der Waals surface area contributed by atoms with Gasteiger partial charge < -0.3 is 0 Å². The monoisotopic (exact) mass is 467 g/mol. The van der Waals surface area contributed by atoms with E-state index >= 15 is 0 Å². The van der Waals surface area contributed by atoms with Crippen LogP contribution in [-0.4, -0.2) is 19.9 Å². The largest absolute Gasteiger partial charge is 0.294 e. The normalized spacial score (nSPS) is 10.5. The first-order valence-corrected chi connectivity index (χ1v) is 12.5. The number of nitrogens with zero attached hydrogens (tertiary/aromatic N) is 5. The van der Waals surface area contributed by atoms with Gasteiger partial charge in [-0.3, -0.25) is 9.88 Å². The van der Waals surface area contributed by atoms with E-state index in [2.05, 4.69) is 69.9 Å². The van der Waals surface area contributed by atoms with Gasteiger partial charge in [0.05, 0.1) is 11.4 Å². The number of anilines is 3. The molecule has 0 bridgehead atoms. The van der Waals surface area contributed by atoms with Crippen molar-refractivity contribution < 1.29 is 0 Å². The van der Waals surface area contributed by atoms with Crippen LogP contribution in [0, 0.1) is 27.7 Å². The van der Waals surface area contributed by atoms with Gasteiger partial charge in [-0.25, -0.2) is 15.0 Å². The summed E-state index contributed by atoms with van der Waals surface area (Å²) in [6.45, 7) is 12.5. The van der Waals surface area contributed by atoms with Crippen molar-refractivity contribution in [2.75, 3.05) is 4.90 Å². The van der Waals surface area contributed by atoms with Gasteiger partial charge in [0.2, 0.25) is 0 Å².